The summed E-state index contributed by atoms with van der Waals surface area (Å²) < 4.78 is 20.5. The molecule has 0 saturated heterocycles. The molecule has 0 fully saturated rings. The van der Waals surface area contributed by atoms with Crippen LogP contribution < -0.4 is 20.9 Å². The number of nitrogens with zero attached hydrogens (tertiary/aromatic N) is 3. The van der Waals surface area contributed by atoms with Gasteiger partial charge >= 0.3 is 0 Å². The first-order valence-corrected chi connectivity index (χ1v) is 11.7. The fourth-order valence-corrected chi connectivity index (χ4v) is 3.46. The number of ether oxygens (including phenoxy) is 1. The van der Waals surface area contributed by atoms with Crippen LogP contribution in [0.1, 0.15) is 22.3 Å². The molecule has 1 amide bonds. The van der Waals surface area contributed by atoms with Gasteiger partial charge in [-0.3, -0.25) is 9.59 Å². The molecular formula is C26H23ClFN5O4. The van der Waals surface area contributed by atoms with Crippen LogP contribution in [-0.2, 0) is 6.54 Å². The zero-order chi connectivity index (χ0) is 26.2. The van der Waals surface area contributed by atoms with Crippen LogP contribution in [0.4, 0.5) is 16.0 Å². The van der Waals surface area contributed by atoms with Crippen LogP contribution in [0.15, 0.2) is 77.7 Å². The largest absolute Gasteiger partial charge is 0.439 e. The molecule has 2 aromatic heterocycles. The maximum absolute atomic E-state index is 13.3. The number of halogens is 2. The molecule has 37 heavy (non-hydrogen) atoms. The molecule has 2 heterocycles. The van der Waals surface area contributed by atoms with Crippen molar-refractivity contribution in [3.8, 4) is 11.6 Å². The second-order valence-corrected chi connectivity index (χ2v) is 8.36. The average molecular weight is 524 g/mol. The Morgan fingerprint density at radius 2 is 1.81 bits per heavy atom. The first-order valence-electron chi connectivity index (χ1n) is 11.3. The van der Waals surface area contributed by atoms with E-state index in [1.54, 1.807) is 41.0 Å². The number of aromatic nitrogens is 3. The highest BCUT2D eigenvalue weighted by molar-refractivity contribution is 6.30. The van der Waals surface area contributed by atoms with Gasteiger partial charge in [-0.15, -0.1) is 0 Å². The predicted molar refractivity (Wildman–Crippen MR) is 137 cm³/mol. The van der Waals surface area contributed by atoms with Gasteiger partial charge in [0.1, 0.15) is 11.3 Å². The van der Waals surface area contributed by atoms with E-state index >= 15 is 0 Å². The lowest BCUT2D eigenvalue weighted by atomic mass is 10.2. The lowest BCUT2D eigenvalue weighted by Gasteiger charge is -2.16. The molecule has 11 heteroatoms. The van der Waals surface area contributed by atoms with Gasteiger partial charge in [0.25, 0.3) is 11.5 Å². The number of nitrogens with one attached hydrogen (secondary N) is 2. The minimum absolute atomic E-state index is 0.0786. The van der Waals surface area contributed by atoms with E-state index in [1.165, 1.54) is 24.4 Å². The standard InChI is InChI=1S/C26H23ClFN5O4/c27-18-7-5-17(6-8-18)15-33-16-21(24(35)29-13-2-14-34)25(36)32-26(33)30-19-9-11-20(12-10-19)37-23-4-1-3-22(28)31-23/h1,3-12,16,34H,2,13-15H2,(H,29,35)(H,30,32,36). The highest BCUT2D eigenvalue weighted by atomic mass is 35.5. The number of carbonyl (C=O) groups excluding carboxylic acids is 1. The van der Waals surface area contributed by atoms with Gasteiger partial charge in [-0.1, -0.05) is 29.8 Å². The summed E-state index contributed by atoms with van der Waals surface area (Å²) in [5.74, 6) is -0.453. The Bertz CT molecular complexity index is 1430. The number of anilines is 2. The quantitative estimate of drug-likeness (QED) is 0.211. The predicted octanol–water partition coefficient (Wildman–Crippen LogP) is 4.13. The van der Waals surface area contributed by atoms with E-state index in [1.807, 2.05) is 12.1 Å². The molecule has 0 spiro atoms. The molecule has 4 aromatic rings. The number of benzene rings is 2. The van der Waals surface area contributed by atoms with Crippen molar-refractivity contribution in [3.63, 3.8) is 0 Å². The van der Waals surface area contributed by atoms with Crippen LogP contribution in [0.3, 0.4) is 0 Å². The van der Waals surface area contributed by atoms with Gasteiger partial charge in [-0.25, -0.2) is 0 Å². The number of pyridine rings is 1. The Morgan fingerprint density at radius 3 is 2.51 bits per heavy atom. The van der Waals surface area contributed by atoms with E-state index < -0.39 is 17.4 Å². The fraction of sp³-hybridized carbons (Fsp3) is 0.154. The van der Waals surface area contributed by atoms with E-state index in [0.717, 1.165) is 5.56 Å². The summed E-state index contributed by atoms with van der Waals surface area (Å²) >= 11 is 6.00. The zero-order valence-corrected chi connectivity index (χ0v) is 20.3. The summed E-state index contributed by atoms with van der Waals surface area (Å²) in [6.45, 7) is 0.451. The third-order valence-corrected chi connectivity index (χ3v) is 5.40. The van der Waals surface area contributed by atoms with Crippen LogP contribution in [0.25, 0.3) is 0 Å². The number of hydrogen-bond acceptors (Lipinski definition) is 7. The Morgan fingerprint density at radius 1 is 1.05 bits per heavy atom. The number of rotatable bonds is 10. The normalized spacial score (nSPS) is 10.7. The van der Waals surface area contributed by atoms with Crippen LogP contribution >= 0.6 is 11.6 Å². The van der Waals surface area contributed by atoms with Gasteiger partial charge in [0.2, 0.25) is 17.8 Å². The van der Waals surface area contributed by atoms with Crippen molar-refractivity contribution in [1.29, 1.82) is 0 Å². The third kappa shape index (κ3) is 7.12. The zero-order valence-electron chi connectivity index (χ0n) is 19.5. The average Bonchev–Trinajstić information content (AvgIpc) is 2.88. The van der Waals surface area contributed by atoms with Crippen molar-refractivity contribution < 1.29 is 19.0 Å². The lowest BCUT2D eigenvalue weighted by molar-refractivity contribution is 0.0948. The van der Waals surface area contributed by atoms with Crippen molar-refractivity contribution in [2.24, 2.45) is 0 Å². The minimum Gasteiger partial charge on any atom is -0.439 e. The molecule has 0 saturated carbocycles. The summed E-state index contributed by atoms with van der Waals surface area (Å²) in [6, 6.07) is 18.1. The van der Waals surface area contributed by atoms with Crippen molar-refractivity contribution in [2.45, 2.75) is 13.0 Å². The molecule has 0 atom stereocenters. The van der Waals surface area contributed by atoms with E-state index in [2.05, 4.69) is 20.6 Å². The molecule has 9 nitrogen and oxygen atoms in total. The first-order chi connectivity index (χ1) is 17.9. The molecular weight excluding hydrogens is 501 g/mol. The molecule has 0 aliphatic carbocycles. The maximum Gasteiger partial charge on any atom is 0.287 e. The molecule has 190 valence electrons. The number of hydrogen-bond donors (Lipinski definition) is 3. The Hall–Kier alpha value is -4.28. The minimum atomic E-state index is -0.700. The second-order valence-electron chi connectivity index (χ2n) is 7.92. The van der Waals surface area contributed by atoms with Crippen LogP contribution in [-0.4, -0.2) is 38.7 Å². The molecule has 0 bridgehead atoms. The van der Waals surface area contributed by atoms with Crippen molar-refractivity contribution in [2.75, 3.05) is 18.5 Å². The Labute approximate surface area is 216 Å². The van der Waals surface area contributed by atoms with Gasteiger partial charge in [0.15, 0.2) is 0 Å². The van der Waals surface area contributed by atoms with E-state index in [-0.39, 0.29) is 30.5 Å². The summed E-state index contributed by atoms with van der Waals surface area (Å²) in [5, 5.41) is 15.2. The number of aliphatic hydroxyl groups is 1. The highest BCUT2D eigenvalue weighted by Crippen LogP contribution is 2.23. The smallest absolute Gasteiger partial charge is 0.287 e. The van der Waals surface area contributed by atoms with Gasteiger partial charge < -0.3 is 25.0 Å². The van der Waals surface area contributed by atoms with Gasteiger partial charge in [0, 0.05) is 36.1 Å². The molecule has 0 unspecified atom stereocenters. The third-order valence-electron chi connectivity index (χ3n) is 5.15. The molecule has 0 radical (unpaired) electrons. The van der Waals surface area contributed by atoms with Gasteiger partial charge in [-0.05, 0) is 54.4 Å². The number of aliphatic hydroxyl groups excluding tert-OH is 1. The summed E-state index contributed by atoms with van der Waals surface area (Å²) in [6.07, 6.45) is 1.81. The summed E-state index contributed by atoms with van der Waals surface area (Å²) in [7, 11) is 0. The van der Waals surface area contributed by atoms with Crippen LogP contribution in [0, 0.1) is 5.95 Å². The van der Waals surface area contributed by atoms with E-state index in [4.69, 9.17) is 21.4 Å². The Kier molecular flexibility index (Phi) is 8.44. The monoisotopic (exact) mass is 523 g/mol. The van der Waals surface area contributed by atoms with E-state index in [9.17, 15) is 14.0 Å². The van der Waals surface area contributed by atoms with E-state index in [0.29, 0.717) is 29.4 Å². The SMILES string of the molecule is O=C(NCCCO)c1cn(Cc2ccc(Cl)cc2)c(Nc2ccc(Oc3cccc(F)n3)cc2)nc1=O. The molecule has 4 rings (SSSR count). The molecule has 0 aliphatic heterocycles. The topological polar surface area (TPSA) is 118 Å². The lowest BCUT2D eigenvalue weighted by Crippen LogP contribution is -2.32. The highest BCUT2D eigenvalue weighted by Gasteiger charge is 2.16. The first kappa shape index (κ1) is 25.8. The summed E-state index contributed by atoms with van der Waals surface area (Å²) in [5.41, 5.74) is 0.643. The van der Waals surface area contributed by atoms with Crippen LogP contribution in [0.5, 0.6) is 11.6 Å². The maximum atomic E-state index is 13.3. The summed E-state index contributed by atoms with van der Waals surface area (Å²) in [4.78, 5) is 33.0. The van der Waals surface area contributed by atoms with Crippen LogP contribution in [0.2, 0.25) is 5.02 Å². The molecule has 0 aliphatic rings. The number of carbonyl (C=O) groups is 1. The fourth-order valence-electron chi connectivity index (χ4n) is 3.33. The molecule has 3 N–H and O–H groups in total. The van der Waals surface area contributed by atoms with Gasteiger partial charge in [0.05, 0.1) is 6.54 Å². The van der Waals surface area contributed by atoms with Gasteiger partial charge in [-0.2, -0.15) is 14.4 Å². The second kappa shape index (κ2) is 12.1. The number of amides is 1. The van der Waals surface area contributed by atoms with Crippen molar-refractivity contribution in [1.82, 2.24) is 19.9 Å². The van der Waals surface area contributed by atoms with Crippen molar-refractivity contribution in [3.05, 3.63) is 105 Å². The Balaban J connectivity index is 1.59. The molecule has 2 aromatic carbocycles. The van der Waals surface area contributed by atoms with Crippen molar-refractivity contribution >= 4 is 29.1 Å².